The zero-order chi connectivity index (χ0) is 19.4. The van der Waals surface area contributed by atoms with Crippen molar-refractivity contribution in [3.63, 3.8) is 0 Å². The highest BCUT2D eigenvalue weighted by atomic mass is 16.5. The Morgan fingerprint density at radius 3 is 2.59 bits per heavy atom. The Hall–Kier alpha value is -1.18. The fourth-order valence-corrected chi connectivity index (χ4v) is 5.05. The lowest BCUT2D eigenvalue weighted by molar-refractivity contribution is -0.131. The smallest absolute Gasteiger partial charge is 0.239 e. The second-order valence-electron chi connectivity index (χ2n) is 8.05. The van der Waals surface area contributed by atoms with Crippen molar-refractivity contribution in [1.29, 1.82) is 0 Å². The third-order valence-corrected chi connectivity index (χ3v) is 6.75. The molecule has 27 heavy (non-hydrogen) atoms. The van der Waals surface area contributed by atoms with Gasteiger partial charge in [-0.1, -0.05) is 0 Å². The third kappa shape index (κ3) is 4.46. The monoisotopic (exact) mass is 380 g/mol. The first-order valence-electron chi connectivity index (χ1n) is 10.7. The largest absolute Gasteiger partial charge is 0.381 e. The van der Waals surface area contributed by atoms with Gasteiger partial charge in [0.2, 0.25) is 11.8 Å². The predicted octanol–water partition coefficient (Wildman–Crippen LogP) is 0.687. The minimum Gasteiger partial charge on any atom is -0.381 e. The van der Waals surface area contributed by atoms with Crippen LogP contribution in [-0.4, -0.2) is 97.1 Å². The van der Waals surface area contributed by atoms with E-state index in [4.69, 9.17) is 4.74 Å². The summed E-state index contributed by atoms with van der Waals surface area (Å²) >= 11 is 0. The van der Waals surface area contributed by atoms with E-state index in [1.807, 2.05) is 18.7 Å². The third-order valence-electron chi connectivity index (χ3n) is 6.75. The summed E-state index contributed by atoms with van der Waals surface area (Å²) in [4.78, 5) is 32.0. The highest BCUT2D eigenvalue weighted by Gasteiger charge is 2.47. The van der Waals surface area contributed by atoms with Crippen LogP contribution in [0.4, 0.5) is 0 Å². The number of amides is 2. The Bertz CT molecular complexity index is 519. The van der Waals surface area contributed by atoms with E-state index in [0.717, 1.165) is 58.5 Å². The number of carbonyl (C=O) groups is 2. The second kappa shape index (κ2) is 9.34. The number of nitrogens with zero attached hydrogens (tertiary/aromatic N) is 3. The molecule has 7 heteroatoms. The molecule has 2 amide bonds. The van der Waals surface area contributed by atoms with Gasteiger partial charge in [0.25, 0.3) is 0 Å². The van der Waals surface area contributed by atoms with Crippen LogP contribution in [0.1, 0.15) is 46.0 Å². The first kappa shape index (κ1) is 20.6. The molecule has 3 saturated heterocycles. The molecule has 0 aromatic rings. The number of nitrogens with one attached hydrogen (secondary N) is 1. The molecule has 3 fully saturated rings. The molecule has 0 spiro atoms. The van der Waals surface area contributed by atoms with Crippen LogP contribution in [0, 0.1) is 0 Å². The van der Waals surface area contributed by atoms with Crippen molar-refractivity contribution >= 4 is 11.8 Å². The molecule has 3 rings (SSSR count). The number of likely N-dealkylation sites (tertiary alicyclic amines) is 1. The lowest BCUT2D eigenvalue weighted by Gasteiger charge is -2.37. The van der Waals surface area contributed by atoms with Gasteiger partial charge in [0.15, 0.2) is 0 Å². The summed E-state index contributed by atoms with van der Waals surface area (Å²) in [6.07, 6.45) is 4.40. The quantitative estimate of drug-likeness (QED) is 0.734. The lowest BCUT2D eigenvalue weighted by atomic mass is 10.0. The molecular weight excluding hydrogens is 344 g/mol. The Morgan fingerprint density at radius 2 is 1.93 bits per heavy atom. The molecule has 0 aliphatic carbocycles. The summed E-state index contributed by atoms with van der Waals surface area (Å²) in [5.74, 6) is 0.379. The number of fused-ring (bicyclic) bond motifs is 1. The maximum atomic E-state index is 12.9. The van der Waals surface area contributed by atoms with Crippen LogP contribution >= 0.6 is 0 Å². The maximum Gasteiger partial charge on any atom is 0.239 e. The number of rotatable bonds is 6. The van der Waals surface area contributed by atoms with Gasteiger partial charge in [-0.15, -0.1) is 0 Å². The average Bonchev–Trinajstić information content (AvgIpc) is 3.09. The molecule has 154 valence electrons. The van der Waals surface area contributed by atoms with Crippen molar-refractivity contribution < 1.29 is 14.3 Å². The minimum absolute atomic E-state index is 0.0680. The lowest BCUT2D eigenvalue weighted by Crippen LogP contribution is -2.53. The van der Waals surface area contributed by atoms with E-state index < -0.39 is 0 Å². The van der Waals surface area contributed by atoms with Gasteiger partial charge in [-0.25, -0.2) is 0 Å². The van der Waals surface area contributed by atoms with Crippen LogP contribution in [-0.2, 0) is 14.3 Å². The Morgan fingerprint density at radius 1 is 1.22 bits per heavy atom. The van der Waals surface area contributed by atoms with Crippen LogP contribution in [0.3, 0.4) is 0 Å². The van der Waals surface area contributed by atoms with Crippen molar-refractivity contribution in [2.24, 2.45) is 0 Å². The van der Waals surface area contributed by atoms with E-state index in [2.05, 4.69) is 22.2 Å². The molecule has 3 aliphatic rings. The van der Waals surface area contributed by atoms with Crippen LogP contribution < -0.4 is 5.32 Å². The van der Waals surface area contributed by atoms with Crippen LogP contribution in [0.5, 0.6) is 0 Å². The second-order valence-corrected chi connectivity index (χ2v) is 8.05. The number of ether oxygens (including phenoxy) is 1. The standard InChI is InChI=1S/C20H36N4O3/c1-4-23(5-2)18(25)7-6-16-14-21-20(26)19-17(22(16)3)8-11-24(19)15-9-12-27-13-10-15/h15-17,19H,4-14H2,1-3H3,(H,21,26). The van der Waals surface area contributed by atoms with Gasteiger partial charge in [-0.05, 0) is 46.6 Å². The molecule has 0 saturated carbocycles. The fraction of sp³-hybridized carbons (Fsp3) is 0.900. The summed E-state index contributed by atoms with van der Waals surface area (Å²) in [6, 6.07) is 0.845. The first-order chi connectivity index (χ1) is 13.1. The summed E-state index contributed by atoms with van der Waals surface area (Å²) in [5, 5.41) is 3.17. The predicted molar refractivity (Wildman–Crippen MR) is 104 cm³/mol. The average molecular weight is 381 g/mol. The topological polar surface area (TPSA) is 65.1 Å². The van der Waals surface area contributed by atoms with Crippen LogP contribution in [0.15, 0.2) is 0 Å². The van der Waals surface area contributed by atoms with Crippen molar-refractivity contribution in [3.05, 3.63) is 0 Å². The molecule has 7 nitrogen and oxygen atoms in total. The van der Waals surface area contributed by atoms with E-state index in [9.17, 15) is 9.59 Å². The van der Waals surface area contributed by atoms with E-state index in [-0.39, 0.29) is 29.9 Å². The summed E-state index contributed by atoms with van der Waals surface area (Å²) in [7, 11) is 2.14. The van der Waals surface area contributed by atoms with Gasteiger partial charge in [0.1, 0.15) is 6.04 Å². The van der Waals surface area contributed by atoms with Gasteiger partial charge in [-0.2, -0.15) is 0 Å². The Balaban J connectivity index is 1.63. The highest BCUT2D eigenvalue weighted by Crippen LogP contribution is 2.31. The van der Waals surface area contributed by atoms with E-state index in [1.54, 1.807) is 0 Å². The van der Waals surface area contributed by atoms with E-state index in [0.29, 0.717) is 19.0 Å². The zero-order valence-electron chi connectivity index (χ0n) is 17.2. The molecule has 0 aromatic carbocycles. The van der Waals surface area contributed by atoms with E-state index >= 15 is 0 Å². The van der Waals surface area contributed by atoms with Crippen LogP contribution in [0.2, 0.25) is 0 Å². The van der Waals surface area contributed by atoms with E-state index in [1.165, 1.54) is 0 Å². The van der Waals surface area contributed by atoms with Crippen molar-refractivity contribution in [2.75, 3.05) is 46.4 Å². The summed E-state index contributed by atoms with van der Waals surface area (Å²) in [5.41, 5.74) is 0. The molecular formula is C20H36N4O3. The molecule has 3 unspecified atom stereocenters. The number of hydrogen-bond acceptors (Lipinski definition) is 5. The highest BCUT2D eigenvalue weighted by molar-refractivity contribution is 5.83. The van der Waals surface area contributed by atoms with Crippen LogP contribution in [0.25, 0.3) is 0 Å². The van der Waals surface area contributed by atoms with Gasteiger partial charge in [0, 0.05) is 63.9 Å². The van der Waals surface area contributed by atoms with Crippen molar-refractivity contribution in [2.45, 2.75) is 70.1 Å². The normalized spacial score (nSPS) is 30.6. The molecule has 1 N–H and O–H groups in total. The zero-order valence-corrected chi connectivity index (χ0v) is 17.2. The summed E-state index contributed by atoms with van der Waals surface area (Å²) < 4.78 is 5.50. The summed E-state index contributed by atoms with van der Waals surface area (Å²) in [6.45, 7) is 8.77. The molecule has 3 aliphatic heterocycles. The number of likely N-dealkylation sites (N-methyl/N-ethyl adjacent to an activating group) is 1. The first-order valence-corrected chi connectivity index (χ1v) is 10.7. The van der Waals surface area contributed by atoms with Gasteiger partial charge in [-0.3, -0.25) is 19.4 Å². The van der Waals surface area contributed by atoms with Crippen molar-refractivity contribution in [1.82, 2.24) is 20.0 Å². The number of carbonyl (C=O) groups excluding carboxylic acids is 2. The van der Waals surface area contributed by atoms with Gasteiger partial charge < -0.3 is 15.0 Å². The van der Waals surface area contributed by atoms with Gasteiger partial charge in [0.05, 0.1) is 0 Å². The molecule has 3 heterocycles. The Labute approximate surface area is 163 Å². The van der Waals surface area contributed by atoms with Crippen molar-refractivity contribution in [3.8, 4) is 0 Å². The minimum atomic E-state index is -0.0680. The maximum absolute atomic E-state index is 12.9. The molecule has 0 radical (unpaired) electrons. The van der Waals surface area contributed by atoms with Gasteiger partial charge >= 0.3 is 0 Å². The molecule has 0 bridgehead atoms. The Kier molecular flexibility index (Phi) is 7.11. The SMILES string of the molecule is CCN(CC)C(=O)CCC1CNC(=O)C2C(CCN2C2CCOCC2)N1C. The molecule has 3 atom stereocenters. The molecule has 0 aromatic heterocycles. The number of hydrogen-bond donors (Lipinski definition) is 1. The fourth-order valence-electron chi connectivity index (χ4n) is 5.05.